The monoisotopic (exact) mass is 443 g/mol. The van der Waals surface area contributed by atoms with Gasteiger partial charge in [-0.3, -0.25) is 0 Å². The van der Waals surface area contributed by atoms with Gasteiger partial charge in [0.2, 0.25) is 3.79 Å². The first-order valence-electron chi connectivity index (χ1n) is 5.90. The van der Waals surface area contributed by atoms with E-state index in [0.717, 1.165) is 39.3 Å². The standard InChI is InChI=1S/C13H10Br2Cl3N/c1-5-6-3-2-4-7-8(6)11(10(15)9(5)14)19-12(7)13(16,17)18/h19H,2-4H2,1H3. The van der Waals surface area contributed by atoms with Crippen LogP contribution in [0.4, 0.5) is 0 Å². The summed E-state index contributed by atoms with van der Waals surface area (Å²) in [7, 11) is 0. The molecule has 0 fully saturated rings. The van der Waals surface area contributed by atoms with Gasteiger partial charge < -0.3 is 4.98 Å². The summed E-state index contributed by atoms with van der Waals surface area (Å²) in [5, 5.41) is 1.22. The molecule has 19 heavy (non-hydrogen) atoms. The van der Waals surface area contributed by atoms with Crippen molar-refractivity contribution in [1.29, 1.82) is 0 Å². The lowest BCUT2D eigenvalue weighted by atomic mass is 9.89. The number of H-pyrrole nitrogens is 1. The van der Waals surface area contributed by atoms with Gasteiger partial charge in [-0.25, -0.2) is 0 Å². The third-order valence-electron chi connectivity index (χ3n) is 3.74. The third-order valence-corrected chi connectivity index (χ3v) is 6.62. The molecule has 3 rings (SSSR count). The highest BCUT2D eigenvalue weighted by molar-refractivity contribution is 9.13. The highest BCUT2D eigenvalue weighted by Crippen LogP contribution is 2.48. The van der Waals surface area contributed by atoms with Crippen LogP contribution < -0.4 is 0 Å². The third kappa shape index (κ3) is 2.17. The van der Waals surface area contributed by atoms with E-state index in [1.165, 1.54) is 16.5 Å². The summed E-state index contributed by atoms with van der Waals surface area (Å²) in [6.45, 7) is 2.13. The topological polar surface area (TPSA) is 15.8 Å². The molecule has 102 valence electrons. The molecule has 1 aliphatic carbocycles. The van der Waals surface area contributed by atoms with Gasteiger partial charge >= 0.3 is 0 Å². The number of hydrogen-bond acceptors (Lipinski definition) is 0. The lowest BCUT2D eigenvalue weighted by Gasteiger charge is -2.19. The molecule has 0 radical (unpaired) electrons. The van der Waals surface area contributed by atoms with E-state index in [9.17, 15) is 0 Å². The molecule has 0 saturated heterocycles. The van der Waals surface area contributed by atoms with E-state index in [1.807, 2.05) is 0 Å². The van der Waals surface area contributed by atoms with E-state index >= 15 is 0 Å². The van der Waals surface area contributed by atoms with Gasteiger partial charge in [0, 0.05) is 9.86 Å². The largest absolute Gasteiger partial charge is 0.354 e. The van der Waals surface area contributed by atoms with Crippen molar-refractivity contribution in [3.63, 3.8) is 0 Å². The molecular formula is C13H10Br2Cl3N. The maximum absolute atomic E-state index is 6.09. The summed E-state index contributed by atoms with van der Waals surface area (Å²) in [5.41, 5.74) is 5.47. The summed E-state index contributed by atoms with van der Waals surface area (Å²) in [6.07, 6.45) is 3.10. The Bertz CT molecular complexity index is 686. The van der Waals surface area contributed by atoms with Crippen LogP contribution in [0.3, 0.4) is 0 Å². The van der Waals surface area contributed by atoms with Crippen LogP contribution in [0.15, 0.2) is 8.95 Å². The number of benzene rings is 1. The Labute approximate surface area is 143 Å². The highest BCUT2D eigenvalue weighted by atomic mass is 79.9. The van der Waals surface area contributed by atoms with Gasteiger partial charge in [0.25, 0.3) is 0 Å². The van der Waals surface area contributed by atoms with Gasteiger partial charge in [-0.15, -0.1) is 0 Å². The zero-order valence-corrected chi connectivity index (χ0v) is 15.5. The van der Waals surface area contributed by atoms with Gasteiger partial charge in [-0.2, -0.15) is 0 Å². The van der Waals surface area contributed by atoms with Crippen molar-refractivity contribution in [3.8, 4) is 0 Å². The lowest BCUT2D eigenvalue weighted by molar-refractivity contribution is 0.795. The van der Waals surface area contributed by atoms with Crippen molar-refractivity contribution >= 4 is 77.6 Å². The van der Waals surface area contributed by atoms with Gasteiger partial charge in [0.15, 0.2) is 0 Å². The second kappa shape index (κ2) is 4.81. The van der Waals surface area contributed by atoms with Crippen LogP contribution in [0.25, 0.3) is 10.9 Å². The number of aryl methyl sites for hydroxylation is 2. The Morgan fingerprint density at radius 1 is 1.05 bits per heavy atom. The molecule has 1 aromatic carbocycles. The average Bonchev–Trinajstić information content (AvgIpc) is 2.74. The van der Waals surface area contributed by atoms with Gasteiger partial charge in [0.05, 0.1) is 15.7 Å². The average molecular weight is 446 g/mol. The van der Waals surface area contributed by atoms with E-state index in [1.54, 1.807) is 0 Å². The first kappa shape index (κ1) is 14.5. The van der Waals surface area contributed by atoms with Crippen molar-refractivity contribution in [2.75, 3.05) is 0 Å². The number of aromatic amines is 1. The highest BCUT2D eigenvalue weighted by Gasteiger charge is 2.33. The molecule has 0 atom stereocenters. The van der Waals surface area contributed by atoms with Gasteiger partial charge in [-0.1, -0.05) is 34.8 Å². The fourth-order valence-electron chi connectivity index (χ4n) is 2.88. The first-order chi connectivity index (χ1) is 8.82. The maximum atomic E-state index is 6.09. The van der Waals surface area contributed by atoms with Crippen molar-refractivity contribution in [3.05, 3.63) is 31.3 Å². The zero-order chi connectivity index (χ0) is 13.9. The van der Waals surface area contributed by atoms with Crippen LogP contribution in [0.5, 0.6) is 0 Å². The molecule has 1 N–H and O–H groups in total. The van der Waals surface area contributed by atoms with E-state index < -0.39 is 3.79 Å². The Morgan fingerprint density at radius 2 is 1.68 bits per heavy atom. The normalized spacial score (nSPS) is 15.3. The van der Waals surface area contributed by atoms with Crippen LogP contribution in [-0.2, 0) is 16.6 Å². The molecule has 1 aliphatic rings. The molecule has 0 amide bonds. The Morgan fingerprint density at radius 3 is 2.32 bits per heavy atom. The van der Waals surface area contributed by atoms with E-state index in [2.05, 4.69) is 43.8 Å². The number of rotatable bonds is 0. The van der Waals surface area contributed by atoms with Crippen molar-refractivity contribution in [2.45, 2.75) is 30.0 Å². The zero-order valence-electron chi connectivity index (χ0n) is 10.0. The van der Waals surface area contributed by atoms with Crippen LogP contribution >= 0.6 is 66.7 Å². The Kier molecular flexibility index (Phi) is 3.67. The molecular weight excluding hydrogens is 436 g/mol. The van der Waals surface area contributed by atoms with E-state index in [-0.39, 0.29) is 0 Å². The molecule has 0 unspecified atom stereocenters. The summed E-state index contributed by atoms with van der Waals surface area (Å²) in [4.78, 5) is 3.30. The Balaban J connectivity index is 2.49. The molecule has 1 aromatic heterocycles. The fraction of sp³-hybridized carbons (Fsp3) is 0.385. The quantitative estimate of drug-likeness (QED) is 0.456. The second-order valence-corrected chi connectivity index (χ2v) is 8.68. The molecule has 1 heterocycles. The number of alkyl halides is 3. The van der Waals surface area contributed by atoms with Crippen LogP contribution in [0, 0.1) is 6.92 Å². The predicted molar refractivity (Wildman–Crippen MR) is 89.7 cm³/mol. The van der Waals surface area contributed by atoms with Crippen molar-refractivity contribution in [1.82, 2.24) is 4.98 Å². The number of halogens is 5. The van der Waals surface area contributed by atoms with E-state index in [4.69, 9.17) is 34.8 Å². The van der Waals surface area contributed by atoms with E-state index in [0.29, 0.717) is 5.69 Å². The minimum Gasteiger partial charge on any atom is -0.354 e. The SMILES string of the molecule is Cc1c(Br)c(Br)c2[nH]c(C(Cl)(Cl)Cl)c3c2c1CCC3. The summed E-state index contributed by atoms with van der Waals surface area (Å²) in [6, 6.07) is 0. The van der Waals surface area contributed by atoms with Crippen LogP contribution in [0.1, 0.15) is 28.8 Å². The molecule has 2 aromatic rings. The van der Waals surface area contributed by atoms with Crippen molar-refractivity contribution < 1.29 is 0 Å². The fourth-order valence-corrected chi connectivity index (χ4v) is 4.39. The second-order valence-electron chi connectivity index (χ2n) is 4.81. The predicted octanol–water partition coefficient (Wildman–Crippen LogP) is 6.32. The molecule has 0 bridgehead atoms. The molecule has 0 aliphatic heterocycles. The summed E-state index contributed by atoms with van der Waals surface area (Å²) < 4.78 is 0.649. The minimum absolute atomic E-state index is 0.701. The molecule has 6 heteroatoms. The smallest absolute Gasteiger partial charge is 0.230 e. The molecule has 0 spiro atoms. The molecule has 0 saturated carbocycles. The maximum Gasteiger partial charge on any atom is 0.230 e. The van der Waals surface area contributed by atoms with Crippen LogP contribution in [-0.4, -0.2) is 4.98 Å². The summed E-state index contributed by atoms with van der Waals surface area (Å²) >= 11 is 25.5. The number of hydrogen-bond donors (Lipinski definition) is 1. The lowest BCUT2D eigenvalue weighted by Crippen LogP contribution is -2.08. The first-order valence-corrected chi connectivity index (χ1v) is 8.62. The number of aromatic nitrogens is 1. The van der Waals surface area contributed by atoms with Crippen LogP contribution in [0.2, 0.25) is 0 Å². The van der Waals surface area contributed by atoms with Gasteiger partial charge in [0.1, 0.15) is 0 Å². The molecule has 1 nitrogen and oxygen atoms in total. The van der Waals surface area contributed by atoms with Gasteiger partial charge in [-0.05, 0) is 74.7 Å². The minimum atomic E-state index is -1.41. The number of nitrogens with one attached hydrogen (secondary N) is 1. The van der Waals surface area contributed by atoms with Crippen molar-refractivity contribution in [2.24, 2.45) is 0 Å². The summed E-state index contributed by atoms with van der Waals surface area (Å²) in [5.74, 6) is 0. The Hall–Kier alpha value is 0.590.